The molecule has 0 radical (unpaired) electrons. The third-order valence-electron chi connectivity index (χ3n) is 5.52. The van der Waals surface area contributed by atoms with E-state index in [4.69, 9.17) is 14.8 Å². The minimum absolute atomic E-state index is 0.00736. The first-order valence-corrected chi connectivity index (χ1v) is 10.8. The van der Waals surface area contributed by atoms with Crippen LogP contribution in [0.1, 0.15) is 44.6 Å². The predicted molar refractivity (Wildman–Crippen MR) is 120 cm³/mol. The predicted octanol–water partition coefficient (Wildman–Crippen LogP) is 4.33. The first kappa shape index (κ1) is 21.2. The molecule has 31 heavy (non-hydrogen) atoms. The van der Waals surface area contributed by atoms with Crippen LogP contribution < -0.4 is 0 Å². The van der Waals surface area contributed by atoms with Crippen LogP contribution in [-0.4, -0.2) is 45.3 Å². The van der Waals surface area contributed by atoms with Crippen molar-refractivity contribution in [1.29, 1.82) is 0 Å². The topological polar surface area (TPSA) is 60.3 Å². The van der Waals surface area contributed by atoms with Gasteiger partial charge in [-0.15, -0.1) is 0 Å². The van der Waals surface area contributed by atoms with Crippen LogP contribution in [0.15, 0.2) is 60.7 Å². The van der Waals surface area contributed by atoms with Crippen LogP contribution in [0.2, 0.25) is 0 Å². The zero-order chi connectivity index (χ0) is 21.8. The van der Waals surface area contributed by atoms with Gasteiger partial charge < -0.3 is 9.64 Å². The zero-order valence-corrected chi connectivity index (χ0v) is 18.5. The van der Waals surface area contributed by atoms with Gasteiger partial charge in [0.15, 0.2) is 11.6 Å². The Morgan fingerprint density at radius 1 is 1.03 bits per heavy atom. The van der Waals surface area contributed by atoms with Gasteiger partial charge in [0, 0.05) is 18.7 Å². The van der Waals surface area contributed by atoms with Gasteiger partial charge in [-0.2, -0.15) is 5.10 Å². The van der Waals surface area contributed by atoms with Crippen molar-refractivity contribution in [3.63, 3.8) is 0 Å². The Bertz CT molecular complexity index is 1010. The molecule has 0 saturated carbocycles. The molecule has 6 heteroatoms. The Kier molecular flexibility index (Phi) is 6.18. The number of benzene rings is 2. The van der Waals surface area contributed by atoms with Crippen LogP contribution in [0.5, 0.6) is 0 Å². The third-order valence-corrected chi connectivity index (χ3v) is 5.52. The number of rotatable bonds is 5. The molecule has 1 atom stereocenters. The van der Waals surface area contributed by atoms with Crippen LogP contribution in [-0.2, 0) is 16.1 Å². The van der Waals surface area contributed by atoms with E-state index in [1.165, 1.54) is 0 Å². The van der Waals surface area contributed by atoms with E-state index in [0.717, 1.165) is 23.4 Å². The molecule has 1 aliphatic heterocycles. The zero-order valence-electron chi connectivity index (χ0n) is 18.5. The second kappa shape index (κ2) is 9.02. The molecule has 1 fully saturated rings. The highest BCUT2D eigenvalue weighted by Crippen LogP contribution is 2.38. The van der Waals surface area contributed by atoms with Crippen molar-refractivity contribution >= 4 is 5.91 Å². The summed E-state index contributed by atoms with van der Waals surface area (Å²) in [6, 6.07) is 20.0. The number of carbonyl (C=O) groups excluding carboxylic acids is 1. The van der Waals surface area contributed by atoms with Crippen LogP contribution >= 0.6 is 0 Å². The lowest BCUT2D eigenvalue weighted by Crippen LogP contribution is -2.43. The average molecular weight is 419 g/mol. The van der Waals surface area contributed by atoms with Gasteiger partial charge in [-0.1, -0.05) is 81.4 Å². The van der Waals surface area contributed by atoms with Gasteiger partial charge >= 0.3 is 0 Å². The van der Waals surface area contributed by atoms with E-state index in [-0.39, 0.29) is 24.0 Å². The number of nitrogens with zero attached hydrogens (tertiary/aromatic N) is 4. The monoisotopic (exact) mass is 418 g/mol. The van der Waals surface area contributed by atoms with Crippen LogP contribution in [0.4, 0.5) is 0 Å². The van der Waals surface area contributed by atoms with Crippen LogP contribution in [0.3, 0.4) is 0 Å². The summed E-state index contributed by atoms with van der Waals surface area (Å²) in [5.74, 6) is 1.50. The molecule has 1 aromatic heterocycles. The fourth-order valence-electron chi connectivity index (χ4n) is 4.11. The maximum atomic E-state index is 13.0. The molecule has 3 aromatic rings. The summed E-state index contributed by atoms with van der Waals surface area (Å²) in [6.07, 6.45) is 0.816. The third kappa shape index (κ3) is 4.85. The second-order valence-corrected chi connectivity index (χ2v) is 9.06. The normalized spacial score (nSPS) is 16.2. The molecule has 0 aliphatic carbocycles. The highest BCUT2D eigenvalue weighted by atomic mass is 16.5. The lowest BCUT2D eigenvalue weighted by Gasteiger charge is -2.38. The molecule has 1 saturated heterocycles. The molecule has 4 rings (SSSR count). The number of carbonyl (C=O) groups is 1. The Morgan fingerprint density at radius 3 is 2.39 bits per heavy atom. The molecule has 0 bridgehead atoms. The molecular weight excluding hydrogens is 388 g/mol. The molecule has 6 nitrogen and oxygen atoms in total. The molecule has 2 aromatic carbocycles. The van der Waals surface area contributed by atoms with E-state index in [9.17, 15) is 4.79 Å². The fourth-order valence-corrected chi connectivity index (χ4v) is 4.11. The van der Waals surface area contributed by atoms with E-state index in [2.05, 4.69) is 32.9 Å². The van der Waals surface area contributed by atoms with Crippen molar-refractivity contribution in [2.45, 2.75) is 39.8 Å². The number of amides is 1. The number of hydrogen-bond donors (Lipinski definition) is 0. The van der Waals surface area contributed by atoms with Crippen molar-refractivity contribution in [3.05, 3.63) is 72.1 Å². The highest BCUT2D eigenvalue weighted by molar-refractivity contribution is 5.78. The lowest BCUT2D eigenvalue weighted by molar-refractivity contribution is -0.138. The van der Waals surface area contributed by atoms with Gasteiger partial charge in [0.25, 0.3) is 0 Å². The lowest BCUT2D eigenvalue weighted by atomic mass is 9.84. The minimum Gasteiger partial charge on any atom is -0.372 e. The second-order valence-electron chi connectivity index (χ2n) is 9.06. The van der Waals surface area contributed by atoms with Crippen molar-refractivity contribution in [2.75, 3.05) is 19.8 Å². The number of aromatic nitrogens is 3. The van der Waals surface area contributed by atoms with Crippen molar-refractivity contribution < 1.29 is 9.53 Å². The van der Waals surface area contributed by atoms with E-state index in [1.54, 1.807) is 0 Å². The first-order valence-electron chi connectivity index (χ1n) is 10.8. The van der Waals surface area contributed by atoms with Crippen molar-refractivity contribution in [2.24, 2.45) is 5.41 Å². The van der Waals surface area contributed by atoms with Gasteiger partial charge in [-0.3, -0.25) is 4.79 Å². The Hall–Kier alpha value is -2.99. The summed E-state index contributed by atoms with van der Waals surface area (Å²) in [5.41, 5.74) is 1.88. The molecule has 2 heterocycles. The molecule has 1 amide bonds. The van der Waals surface area contributed by atoms with Gasteiger partial charge in [0.1, 0.15) is 6.61 Å². The summed E-state index contributed by atoms with van der Waals surface area (Å²) < 4.78 is 7.47. The standard InChI is InChI=1S/C25H30N4O2/c1-25(2,3)22(28-15-10-16-31-18-21(28)30)24-26-23(20-13-8-5-9-14-20)27-29(24)17-19-11-6-4-7-12-19/h4-9,11-14,22H,10,15-18H2,1-3H3. The van der Waals surface area contributed by atoms with E-state index < -0.39 is 0 Å². The van der Waals surface area contributed by atoms with E-state index >= 15 is 0 Å². The summed E-state index contributed by atoms with van der Waals surface area (Å²) in [5, 5.41) is 4.89. The van der Waals surface area contributed by atoms with Crippen molar-refractivity contribution in [1.82, 2.24) is 19.7 Å². The molecule has 162 valence electrons. The summed E-state index contributed by atoms with van der Waals surface area (Å²) in [7, 11) is 0. The molecular formula is C25H30N4O2. The summed E-state index contributed by atoms with van der Waals surface area (Å²) >= 11 is 0. The van der Waals surface area contributed by atoms with Crippen LogP contribution in [0.25, 0.3) is 11.4 Å². The minimum atomic E-state index is -0.227. The maximum absolute atomic E-state index is 13.0. The van der Waals surface area contributed by atoms with Gasteiger partial charge in [-0.25, -0.2) is 9.67 Å². The van der Waals surface area contributed by atoms with Gasteiger partial charge in [0.05, 0.1) is 12.6 Å². The van der Waals surface area contributed by atoms with Crippen LogP contribution in [0, 0.1) is 5.41 Å². The fraction of sp³-hybridized carbons (Fsp3) is 0.400. The van der Waals surface area contributed by atoms with Gasteiger partial charge in [-0.05, 0) is 17.4 Å². The molecule has 0 spiro atoms. The smallest absolute Gasteiger partial charge is 0.249 e. The summed E-state index contributed by atoms with van der Waals surface area (Å²) in [6.45, 7) is 8.43. The van der Waals surface area contributed by atoms with E-state index in [0.29, 0.717) is 25.5 Å². The van der Waals surface area contributed by atoms with Crippen molar-refractivity contribution in [3.8, 4) is 11.4 Å². The molecule has 0 N–H and O–H groups in total. The SMILES string of the molecule is CC(C)(C)C(c1nc(-c2ccccc2)nn1Cc1ccccc1)N1CCCOCC1=O. The van der Waals surface area contributed by atoms with E-state index in [1.807, 2.05) is 58.1 Å². The summed E-state index contributed by atoms with van der Waals surface area (Å²) in [4.78, 5) is 19.9. The Labute approximate surface area is 183 Å². The number of ether oxygens (including phenoxy) is 1. The number of hydrogen-bond acceptors (Lipinski definition) is 4. The Balaban J connectivity index is 1.82. The Morgan fingerprint density at radius 2 is 1.71 bits per heavy atom. The molecule has 1 unspecified atom stereocenters. The average Bonchev–Trinajstić information content (AvgIpc) is 3.03. The van der Waals surface area contributed by atoms with Gasteiger partial charge in [0.2, 0.25) is 5.91 Å². The molecule has 1 aliphatic rings. The largest absolute Gasteiger partial charge is 0.372 e. The maximum Gasteiger partial charge on any atom is 0.249 e. The highest BCUT2D eigenvalue weighted by Gasteiger charge is 2.39. The first-order chi connectivity index (χ1) is 14.9. The quantitative estimate of drug-likeness (QED) is 0.619.